The van der Waals surface area contributed by atoms with Crippen LogP contribution in [0.25, 0.3) is 0 Å². The zero-order valence-electron chi connectivity index (χ0n) is 17.9. The van der Waals surface area contributed by atoms with E-state index in [4.69, 9.17) is 4.98 Å². The van der Waals surface area contributed by atoms with E-state index >= 15 is 0 Å². The standard InChI is InChI=1S/C23H30N4O2S/c1-14-10-18(15(2)30-14)12-26-8-3-4-17(11-26)21-24-20-7-9-27(23(29)16-5-6-16)13-19(20)22(28)25-21/h10,16-17H,3-9,11-13H2,1-2H3,(H,24,25,28)/t17-/m0/s1. The van der Waals surface area contributed by atoms with Crippen molar-refractivity contribution >= 4 is 17.2 Å². The number of carbonyl (C=O) groups excluding carboxylic acids is 1. The Hall–Kier alpha value is -1.99. The van der Waals surface area contributed by atoms with Crippen LogP contribution in [0.2, 0.25) is 0 Å². The van der Waals surface area contributed by atoms with Gasteiger partial charge in [-0.05, 0) is 57.7 Å². The number of amides is 1. The Balaban J connectivity index is 1.31. The summed E-state index contributed by atoms with van der Waals surface area (Å²) in [6.07, 6.45) is 4.87. The maximum absolute atomic E-state index is 12.9. The van der Waals surface area contributed by atoms with Crippen molar-refractivity contribution in [3.05, 3.63) is 48.8 Å². The molecule has 0 bridgehead atoms. The number of hydrogen-bond acceptors (Lipinski definition) is 5. The maximum atomic E-state index is 12.9. The van der Waals surface area contributed by atoms with Crippen LogP contribution in [0, 0.1) is 19.8 Å². The molecule has 2 aliphatic heterocycles. The van der Waals surface area contributed by atoms with Gasteiger partial charge >= 0.3 is 0 Å². The van der Waals surface area contributed by atoms with E-state index in [1.807, 2.05) is 16.2 Å². The summed E-state index contributed by atoms with van der Waals surface area (Å²) in [7, 11) is 0. The molecule has 6 nitrogen and oxygen atoms in total. The molecule has 1 saturated carbocycles. The predicted octanol–water partition coefficient (Wildman–Crippen LogP) is 3.12. The lowest BCUT2D eigenvalue weighted by molar-refractivity contribution is -0.133. The van der Waals surface area contributed by atoms with Crippen LogP contribution in [0.1, 0.15) is 64.0 Å². The second-order valence-corrected chi connectivity index (χ2v) is 10.6. The van der Waals surface area contributed by atoms with Crippen molar-refractivity contribution in [1.82, 2.24) is 19.8 Å². The molecule has 30 heavy (non-hydrogen) atoms. The van der Waals surface area contributed by atoms with Crippen molar-refractivity contribution in [3.8, 4) is 0 Å². The number of rotatable bonds is 4. The Morgan fingerprint density at radius 1 is 1.27 bits per heavy atom. The smallest absolute Gasteiger partial charge is 0.256 e. The molecule has 2 aromatic heterocycles. The third-order valence-corrected chi connectivity index (χ3v) is 7.76. The number of piperidine rings is 1. The van der Waals surface area contributed by atoms with E-state index in [2.05, 4.69) is 29.8 Å². The van der Waals surface area contributed by atoms with Crippen molar-refractivity contribution < 1.29 is 4.79 Å². The van der Waals surface area contributed by atoms with E-state index in [1.165, 1.54) is 15.3 Å². The number of fused-ring (bicyclic) bond motifs is 1. The van der Waals surface area contributed by atoms with Crippen molar-refractivity contribution in [3.63, 3.8) is 0 Å². The fraction of sp³-hybridized carbons (Fsp3) is 0.609. The molecule has 1 N–H and O–H groups in total. The molecule has 1 aliphatic carbocycles. The number of H-pyrrole nitrogens is 1. The minimum absolute atomic E-state index is 0.0512. The van der Waals surface area contributed by atoms with Gasteiger partial charge in [0.15, 0.2) is 0 Å². The third-order valence-electron chi connectivity index (χ3n) is 6.76. The van der Waals surface area contributed by atoms with Gasteiger partial charge in [0.25, 0.3) is 5.56 Å². The molecular weight excluding hydrogens is 396 g/mol. The first-order valence-electron chi connectivity index (χ1n) is 11.2. The molecule has 1 atom stereocenters. The van der Waals surface area contributed by atoms with Crippen molar-refractivity contribution in [2.24, 2.45) is 5.92 Å². The molecule has 5 rings (SSSR count). The van der Waals surface area contributed by atoms with Gasteiger partial charge in [0, 0.05) is 47.6 Å². The number of aryl methyl sites for hydroxylation is 2. The van der Waals surface area contributed by atoms with Crippen LogP contribution in [0.5, 0.6) is 0 Å². The van der Waals surface area contributed by atoms with E-state index in [0.717, 1.165) is 56.8 Å². The van der Waals surface area contributed by atoms with Crippen LogP contribution in [-0.2, 0) is 24.3 Å². The van der Waals surface area contributed by atoms with Gasteiger partial charge in [-0.2, -0.15) is 0 Å². The molecule has 1 saturated heterocycles. The highest BCUT2D eigenvalue weighted by atomic mass is 32.1. The van der Waals surface area contributed by atoms with Gasteiger partial charge in [-0.25, -0.2) is 4.98 Å². The SMILES string of the molecule is Cc1cc(CN2CCC[C@H](c3nc4c(c(=O)[nH]3)CN(C(=O)C3CC3)CC4)C2)c(C)s1. The highest BCUT2D eigenvalue weighted by molar-refractivity contribution is 7.12. The summed E-state index contributed by atoms with van der Waals surface area (Å²) in [4.78, 5) is 40.3. The molecule has 0 spiro atoms. The van der Waals surface area contributed by atoms with Crippen molar-refractivity contribution in [2.75, 3.05) is 19.6 Å². The molecule has 1 amide bonds. The number of likely N-dealkylation sites (tertiary alicyclic amines) is 1. The summed E-state index contributed by atoms with van der Waals surface area (Å²) in [6, 6.07) is 2.30. The second kappa shape index (κ2) is 7.93. The topological polar surface area (TPSA) is 69.3 Å². The van der Waals surface area contributed by atoms with E-state index in [1.54, 1.807) is 0 Å². The Labute approximate surface area is 181 Å². The van der Waals surface area contributed by atoms with E-state index in [-0.39, 0.29) is 23.3 Å². The maximum Gasteiger partial charge on any atom is 0.256 e. The van der Waals surface area contributed by atoms with Crippen LogP contribution in [0.15, 0.2) is 10.9 Å². The van der Waals surface area contributed by atoms with Crippen LogP contribution in [-0.4, -0.2) is 45.3 Å². The number of carbonyl (C=O) groups is 1. The lowest BCUT2D eigenvalue weighted by atomic mass is 9.96. The molecule has 3 aliphatic rings. The average molecular weight is 427 g/mol. The zero-order valence-corrected chi connectivity index (χ0v) is 18.7. The molecule has 2 aromatic rings. The fourth-order valence-electron chi connectivity index (χ4n) is 4.92. The number of thiophene rings is 1. The molecule has 7 heteroatoms. The Bertz CT molecular complexity index is 1020. The minimum atomic E-state index is -0.0512. The van der Waals surface area contributed by atoms with Crippen LogP contribution < -0.4 is 5.56 Å². The summed E-state index contributed by atoms with van der Waals surface area (Å²) >= 11 is 1.87. The third kappa shape index (κ3) is 3.97. The highest BCUT2D eigenvalue weighted by Gasteiger charge is 2.35. The van der Waals surface area contributed by atoms with Gasteiger partial charge in [0.2, 0.25) is 5.91 Å². The fourth-order valence-corrected chi connectivity index (χ4v) is 5.86. The summed E-state index contributed by atoms with van der Waals surface area (Å²) in [6.45, 7) is 8.48. The summed E-state index contributed by atoms with van der Waals surface area (Å²) in [5.74, 6) is 1.51. The van der Waals surface area contributed by atoms with Crippen LogP contribution in [0.4, 0.5) is 0 Å². The molecular formula is C23H30N4O2S. The highest BCUT2D eigenvalue weighted by Crippen LogP contribution is 2.33. The quantitative estimate of drug-likeness (QED) is 0.816. The minimum Gasteiger partial charge on any atom is -0.337 e. The molecule has 0 aromatic carbocycles. The molecule has 160 valence electrons. The van der Waals surface area contributed by atoms with Gasteiger partial charge in [-0.15, -0.1) is 11.3 Å². The van der Waals surface area contributed by atoms with Gasteiger partial charge in [-0.1, -0.05) is 0 Å². The first kappa shape index (κ1) is 19.9. The van der Waals surface area contributed by atoms with Gasteiger partial charge < -0.3 is 9.88 Å². The van der Waals surface area contributed by atoms with Crippen molar-refractivity contribution in [2.45, 2.75) is 65.0 Å². The van der Waals surface area contributed by atoms with E-state index in [9.17, 15) is 9.59 Å². The molecule has 2 fully saturated rings. The number of nitrogens with one attached hydrogen (secondary N) is 1. The Kier molecular flexibility index (Phi) is 5.27. The molecule has 4 heterocycles. The number of hydrogen-bond donors (Lipinski definition) is 1. The molecule has 0 radical (unpaired) electrons. The Morgan fingerprint density at radius 3 is 2.83 bits per heavy atom. The van der Waals surface area contributed by atoms with Crippen LogP contribution in [0.3, 0.4) is 0 Å². The normalized spacial score (nSPS) is 22.2. The van der Waals surface area contributed by atoms with Gasteiger partial charge in [-0.3, -0.25) is 14.5 Å². The molecule has 0 unspecified atom stereocenters. The van der Waals surface area contributed by atoms with Gasteiger partial charge in [0.1, 0.15) is 5.82 Å². The monoisotopic (exact) mass is 426 g/mol. The number of aromatic amines is 1. The average Bonchev–Trinajstić information content (AvgIpc) is 3.53. The Morgan fingerprint density at radius 2 is 2.10 bits per heavy atom. The van der Waals surface area contributed by atoms with E-state index < -0.39 is 0 Å². The summed E-state index contributed by atoms with van der Waals surface area (Å²) in [5, 5.41) is 0. The second-order valence-electron chi connectivity index (χ2n) is 9.17. The lowest BCUT2D eigenvalue weighted by Crippen LogP contribution is -2.41. The van der Waals surface area contributed by atoms with Crippen LogP contribution >= 0.6 is 11.3 Å². The predicted molar refractivity (Wildman–Crippen MR) is 118 cm³/mol. The lowest BCUT2D eigenvalue weighted by Gasteiger charge is -2.33. The first-order chi connectivity index (χ1) is 14.5. The van der Waals surface area contributed by atoms with Gasteiger partial charge in [0.05, 0.1) is 17.8 Å². The summed E-state index contributed by atoms with van der Waals surface area (Å²) in [5.41, 5.74) is 2.96. The van der Waals surface area contributed by atoms with Crippen molar-refractivity contribution in [1.29, 1.82) is 0 Å². The van der Waals surface area contributed by atoms with E-state index in [0.29, 0.717) is 25.1 Å². The summed E-state index contributed by atoms with van der Waals surface area (Å²) < 4.78 is 0. The first-order valence-corrected chi connectivity index (χ1v) is 12.0. The zero-order chi connectivity index (χ0) is 20.8. The number of aromatic nitrogens is 2. The largest absolute Gasteiger partial charge is 0.337 e. The number of nitrogens with zero attached hydrogens (tertiary/aromatic N) is 3.